The molecule has 0 unspecified atom stereocenters. The van der Waals surface area contributed by atoms with E-state index in [1.54, 1.807) is 0 Å². The first-order valence-corrected chi connectivity index (χ1v) is 6.31. The number of rotatable bonds is 8. The van der Waals surface area contributed by atoms with E-state index in [1.165, 1.54) is 39.0 Å². The first kappa shape index (κ1) is 12.9. The summed E-state index contributed by atoms with van der Waals surface area (Å²) in [7, 11) is 2.21. The molecule has 1 saturated heterocycles. The second-order valence-electron chi connectivity index (χ2n) is 4.40. The predicted molar refractivity (Wildman–Crippen MR) is 64.3 cm³/mol. The molecule has 0 bridgehead atoms. The number of hydrogen-bond acceptors (Lipinski definition) is 3. The molecule has 0 aromatic heterocycles. The molecule has 1 fully saturated rings. The summed E-state index contributed by atoms with van der Waals surface area (Å²) in [4.78, 5) is 4.98. The number of nitrogens with zero attached hydrogens (tertiary/aromatic N) is 2. The van der Waals surface area contributed by atoms with Crippen molar-refractivity contribution in [2.45, 2.75) is 26.2 Å². The Morgan fingerprint density at radius 3 is 2.60 bits per heavy atom. The highest BCUT2D eigenvalue weighted by molar-refractivity contribution is 4.67. The molecule has 0 atom stereocenters. The molecule has 3 heteroatoms. The lowest BCUT2D eigenvalue weighted by Crippen LogP contribution is -2.32. The Kier molecular flexibility index (Phi) is 6.98. The van der Waals surface area contributed by atoms with Crippen LogP contribution in [0, 0.1) is 0 Å². The molecule has 1 rings (SSSR count). The molecule has 1 heterocycles. The zero-order valence-corrected chi connectivity index (χ0v) is 10.4. The molecule has 0 saturated carbocycles. The van der Waals surface area contributed by atoms with E-state index in [2.05, 4.69) is 23.8 Å². The van der Waals surface area contributed by atoms with Crippen LogP contribution in [0.25, 0.3) is 0 Å². The molecular formula is C12H26N2O. The maximum Gasteiger partial charge on any atom is 0.0478 e. The monoisotopic (exact) mass is 214 g/mol. The Labute approximate surface area is 94.4 Å². The molecule has 0 aromatic carbocycles. The van der Waals surface area contributed by atoms with Crippen molar-refractivity contribution in [3.8, 4) is 0 Å². The normalized spacial score (nSPS) is 17.8. The van der Waals surface area contributed by atoms with Gasteiger partial charge >= 0.3 is 0 Å². The van der Waals surface area contributed by atoms with Crippen molar-refractivity contribution in [2.75, 3.05) is 53.0 Å². The Bertz CT molecular complexity index is 147. The summed E-state index contributed by atoms with van der Waals surface area (Å²) >= 11 is 0. The molecule has 90 valence electrons. The standard InChI is InChI=1S/C12H26N2O/c1-3-15-12-6-7-13(2)10-11-14-8-4-5-9-14/h3-12H2,1-2H3. The average molecular weight is 214 g/mol. The fourth-order valence-corrected chi connectivity index (χ4v) is 2.01. The quantitative estimate of drug-likeness (QED) is 0.569. The Balaban J connectivity index is 1.90. The van der Waals surface area contributed by atoms with Crippen molar-refractivity contribution in [3.63, 3.8) is 0 Å². The maximum absolute atomic E-state index is 5.32. The highest BCUT2D eigenvalue weighted by Crippen LogP contribution is 2.06. The average Bonchev–Trinajstić information content (AvgIpc) is 2.74. The zero-order chi connectivity index (χ0) is 10.9. The minimum Gasteiger partial charge on any atom is -0.382 e. The van der Waals surface area contributed by atoms with Crippen LogP contribution < -0.4 is 0 Å². The second-order valence-corrected chi connectivity index (χ2v) is 4.40. The topological polar surface area (TPSA) is 15.7 Å². The smallest absolute Gasteiger partial charge is 0.0478 e. The summed E-state index contributed by atoms with van der Waals surface area (Å²) in [5, 5.41) is 0. The van der Waals surface area contributed by atoms with Gasteiger partial charge in [0.15, 0.2) is 0 Å². The molecule has 3 nitrogen and oxygen atoms in total. The molecule has 1 aliphatic rings. The lowest BCUT2D eigenvalue weighted by molar-refractivity contribution is 0.134. The second kappa shape index (κ2) is 8.08. The molecule has 1 aliphatic heterocycles. The number of likely N-dealkylation sites (tertiary alicyclic amines) is 1. The van der Waals surface area contributed by atoms with Gasteiger partial charge in [-0.15, -0.1) is 0 Å². The lowest BCUT2D eigenvalue weighted by Gasteiger charge is -2.21. The van der Waals surface area contributed by atoms with Gasteiger partial charge in [-0.3, -0.25) is 0 Å². The highest BCUT2D eigenvalue weighted by atomic mass is 16.5. The third-order valence-electron chi connectivity index (χ3n) is 3.03. The first-order chi connectivity index (χ1) is 7.33. The molecule has 0 radical (unpaired) electrons. The Morgan fingerprint density at radius 2 is 1.93 bits per heavy atom. The summed E-state index contributed by atoms with van der Waals surface area (Å²) in [6.45, 7) is 10.0. The van der Waals surface area contributed by atoms with E-state index in [0.717, 1.165) is 26.2 Å². The number of ether oxygens (including phenoxy) is 1. The van der Waals surface area contributed by atoms with Crippen molar-refractivity contribution in [1.29, 1.82) is 0 Å². The van der Waals surface area contributed by atoms with E-state index >= 15 is 0 Å². The van der Waals surface area contributed by atoms with Crippen LogP contribution in [0.3, 0.4) is 0 Å². The Morgan fingerprint density at radius 1 is 1.20 bits per heavy atom. The van der Waals surface area contributed by atoms with Crippen molar-refractivity contribution >= 4 is 0 Å². The van der Waals surface area contributed by atoms with Crippen LogP contribution in [0.5, 0.6) is 0 Å². The summed E-state index contributed by atoms with van der Waals surface area (Å²) in [6, 6.07) is 0. The summed E-state index contributed by atoms with van der Waals surface area (Å²) in [5.74, 6) is 0. The van der Waals surface area contributed by atoms with Gasteiger partial charge in [0.25, 0.3) is 0 Å². The van der Waals surface area contributed by atoms with E-state index in [9.17, 15) is 0 Å². The van der Waals surface area contributed by atoms with Gasteiger partial charge in [0.2, 0.25) is 0 Å². The third kappa shape index (κ3) is 6.13. The van der Waals surface area contributed by atoms with Crippen molar-refractivity contribution in [1.82, 2.24) is 9.80 Å². The minimum atomic E-state index is 0.845. The van der Waals surface area contributed by atoms with Gasteiger partial charge in [0.05, 0.1) is 0 Å². The van der Waals surface area contributed by atoms with E-state index in [4.69, 9.17) is 4.74 Å². The lowest BCUT2D eigenvalue weighted by atomic mass is 10.4. The zero-order valence-electron chi connectivity index (χ0n) is 10.4. The van der Waals surface area contributed by atoms with Gasteiger partial charge in [0.1, 0.15) is 0 Å². The Hall–Kier alpha value is -0.120. The first-order valence-electron chi connectivity index (χ1n) is 6.31. The molecule has 0 aromatic rings. The van der Waals surface area contributed by atoms with Crippen molar-refractivity contribution < 1.29 is 4.74 Å². The van der Waals surface area contributed by atoms with Crippen LogP contribution in [0.2, 0.25) is 0 Å². The van der Waals surface area contributed by atoms with Crippen molar-refractivity contribution in [3.05, 3.63) is 0 Å². The molecule has 0 aliphatic carbocycles. The third-order valence-corrected chi connectivity index (χ3v) is 3.03. The van der Waals surface area contributed by atoms with Gasteiger partial charge < -0.3 is 14.5 Å². The maximum atomic E-state index is 5.32. The van der Waals surface area contributed by atoms with E-state index in [0.29, 0.717) is 0 Å². The van der Waals surface area contributed by atoms with Crippen LogP contribution in [0.4, 0.5) is 0 Å². The van der Waals surface area contributed by atoms with Gasteiger partial charge in [0, 0.05) is 32.8 Å². The van der Waals surface area contributed by atoms with Gasteiger partial charge in [-0.25, -0.2) is 0 Å². The molecule has 0 amide bonds. The molecular weight excluding hydrogens is 188 g/mol. The van der Waals surface area contributed by atoms with Crippen molar-refractivity contribution in [2.24, 2.45) is 0 Å². The predicted octanol–water partition coefficient (Wildman–Crippen LogP) is 1.44. The van der Waals surface area contributed by atoms with Crippen LogP contribution in [0.1, 0.15) is 26.2 Å². The van der Waals surface area contributed by atoms with Crippen LogP contribution in [0.15, 0.2) is 0 Å². The summed E-state index contributed by atoms with van der Waals surface area (Å²) < 4.78 is 5.32. The molecule has 0 N–H and O–H groups in total. The highest BCUT2D eigenvalue weighted by Gasteiger charge is 2.11. The fourth-order valence-electron chi connectivity index (χ4n) is 2.01. The largest absolute Gasteiger partial charge is 0.382 e. The number of likely N-dealkylation sites (N-methyl/N-ethyl adjacent to an activating group) is 1. The molecule has 15 heavy (non-hydrogen) atoms. The van der Waals surface area contributed by atoms with Crippen LogP contribution >= 0.6 is 0 Å². The van der Waals surface area contributed by atoms with Crippen LogP contribution in [-0.4, -0.2) is 62.8 Å². The molecule has 0 spiro atoms. The SMILES string of the molecule is CCOCCCN(C)CCN1CCCC1. The van der Waals surface area contributed by atoms with Crippen LogP contribution in [-0.2, 0) is 4.74 Å². The number of hydrogen-bond donors (Lipinski definition) is 0. The summed E-state index contributed by atoms with van der Waals surface area (Å²) in [5.41, 5.74) is 0. The van der Waals surface area contributed by atoms with Gasteiger partial charge in [-0.2, -0.15) is 0 Å². The van der Waals surface area contributed by atoms with Gasteiger partial charge in [-0.1, -0.05) is 0 Å². The van der Waals surface area contributed by atoms with E-state index in [1.807, 2.05) is 0 Å². The fraction of sp³-hybridized carbons (Fsp3) is 1.00. The minimum absolute atomic E-state index is 0.845. The van der Waals surface area contributed by atoms with Gasteiger partial charge in [-0.05, 0) is 46.3 Å². The van der Waals surface area contributed by atoms with E-state index < -0.39 is 0 Å². The van der Waals surface area contributed by atoms with E-state index in [-0.39, 0.29) is 0 Å². The summed E-state index contributed by atoms with van der Waals surface area (Å²) in [6.07, 6.45) is 3.95.